The van der Waals surface area contributed by atoms with Gasteiger partial charge in [-0.25, -0.2) is 0 Å². The zero-order valence-electron chi connectivity index (χ0n) is 15.6. The minimum atomic E-state index is -1.67. The van der Waals surface area contributed by atoms with E-state index in [1.54, 1.807) is 6.08 Å². The van der Waals surface area contributed by atoms with Gasteiger partial charge in [0.15, 0.2) is 17.3 Å². The van der Waals surface area contributed by atoms with Crippen LogP contribution in [-0.4, -0.2) is 44.1 Å². The van der Waals surface area contributed by atoms with E-state index in [0.717, 1.165) is 5.57 Å². The van der Waals surface area contributed by atoms with Gasteiger partial charge in [0.25, 0.3) is 0 Å². The normalized spacial score (nSPS) is 48.6. The fourth-order valence-corrected chi connectivity index (χ4v) is 7.47. The van der Waals surface area contributed by atoms with E-state index in [4.69, 9.17) is 0 Å². The molecular formula is C21H25BrO5. The molecule has 4 rings (SSSR count). The number of ketones is 3. The van der Waals surface area contributed by atoms with Gasteiger partial charge < -0.3 is 10.2 Å². The van der Waals surface area contributed by atoms with Crippen LogP contribution in [0.4, 0.5) is 0 Å². The van der Waals surface area contributed by atoms with E-state index in [1.165, 1.54) is 0 Å². The van der Waals surface area contributed by atoms with E-state index in [-0.39, 0.29) is 36.2 Å². The number of fused-ring (bicyclic) bond motifs is 5. The Labute approximate surface area is 167 Å². The van der Waals surface area contributed by atoms with E-state index in [0.29, 0.717) is 19.3 Å². The number of aliphatic hydroxyl groups excluding tert-OH is 1. The van der Waals surface area contributed by atoms with Gasteiger partial charge in [0, 0.05) is 23.7 Å². The Morgan fingerprint density at radius 1 is 1.30 bits per heavy atom. The molecule has 0 amide bonds. The number of hydrogen-bond acceptors (Lipinski definition) is 5. The van der Waals surface area contributed by atoms with Crippen molar-refractivity contribution < 1.29 is 24.6 Å². The summed E-state index contributed by atoms with van der Waals surface area (Å²) in [5.74, 6) is -0.704. The number of rotatable bonds is 2. The van der Waals surface area contributed by atoms with Gasteiger partial charge >= 0.3 is 0 Å². The first-order chi connectivity index (χ1) is 12.5. The highest BCUT2D eigenvalue weighted by molar-refractivity contribution is 9.10. The zero-order valence-corrected chi connectivity index (χ0v) is 17.2. The molecule has 4 aliphatic rings. The minimum absolute atomic E-state index is 0.0317. The van der Waals surface area contributed by atoms with Gasteiger partial charge in [-0.05, 0) is 37.2 Å². The predicted octanol–water partition coefficient (Wildman–Crippen LogP) is 2.28. The second kappa shape index (κ2) is 5.71. The van der Waals surface area contributed by atoms with Crippen LogP contribution in [0.3, 0.4) is 0 Å². The van der Waals surface area contributed by atoms with Crippen molar-refractivity contribution in [2.75, 3.05) is 6.61 Å². The number of alkyl halides is 1. The van der Waals surface area contributed by atoms with Gasteiger partial charge in [-0.15, -0.1) is 0 Å². The topological polar surface area (TPSA) is 91.7 Å². The maximum atomic E-state index is 13.6. The van der Waals surface area contributed by atoms with Crippen molar-refractivity contribution in [3.8, 4) is 0 Å². The van der Waals surface area contributed by atoms with Gasteiger partial charge in [0.05, 0.1) is 4.32 Å². The third-order valence-corrected chi connectivity index (χ3v) is 9.98. The standard InChI is InChI=1S/C21H25BrO5/c1-18-7-5-13(24)9-12(18)3-4-15-14-6-8-20(27,17(26)11-23)19(14,2)10-16(25)21(15,18)22/h3,5,7,14-15,23,27H,4,6,8-11H2,1-2H3/t14-,15-,18-,19-,20-,21-/m0/s1. The second-order valence-corrected chi connectivity index (χ2v) is 10.3. The Kier molecular flexibility index (Phi) is 4.06. The largest absolute Gasteiger partial charge is 0.388 e. The highest BCUT2D eigenvalue weighted by atomic mass is 79.9. The maximum Gasteiger partial charge on any atom is 0.190 e. The number of Topliss-reactive ketones (excluding diaryl/α,β-unsaturated/α-hetero) is 2. The van der Waals surface area contributed by atoms with Crippen molar-refractivity contribution in [1.82, 2.24) is 0 Å². The fourth-order valence-electron chi connectivity index (χ4n) is 6.44. The first-order valence-corrected chi connectivity index (χ1v) is 10.3. The minimum Gasteiger partial charge on any atom is -0.388 e. The summed E-state index contributed by atoms with van der Waals surface area (Å²) >= 11 is 3.84. The van der Waals surface area contributed by atoms with E-state index in [2.05, 4.69) is 22.0 Å². The van der Waals surface area contributed by atoms with Gasteiger partial charge in [0.1, 0.15) is 12.2 Å². The molecule has 4 aliphatic carbocycles. The van der Waals surface area contributed by atoms with Crippen molar-refractivity contribution in [2.24, 2.45) is 22.7 Å². The third-order valence-electron chi connectivity index (χ3n) is 8.12. The van der Waals surface area contributed by atoms with Crippen LogP contribution in [0, 0.1) is 22.7 Å². The zero-order chi connectivity index (χ0) is 19.8. The summed E-state index contributed by atoms with van der Waals surface area (Å²) in [5, 5.41) is 20.6. The van der Waals surface area contributed by atoms with Crippen LogP contribution < -0.4 is 0 Å². The molecule has 2 fully saturated rings. The van der Waals surface area contributed by atoms with Gasteiger partial charge in [0.2, 0.25) is 0 Å². The molecule has 5 nitrogen and oxygen atoms in total. The van der Waals surface area contributed by atoms with Crippen molar-refractivity contribution in [2.45, 2.75) is 55.9 Å². The molecule has 0 radical (unpaired) electrons. The lowest BCUT2D eigenvalue weighted by Crippen LogP contribution is -2.66. The number of aliphatic hydroxyl groups is 2. The van der Waals surface area contributed by atoms with Crippen LogP contribution in [-0.2, 0) is 14.4 Å². The highest BCUT2D eigenvalue weighted by Crippen LogP contribution is 2.69. The van der Waals surface area contributed by atoms with Gasteiger partial charge in [-0.1, -0.05) is 47.5 Å². The summed E-state index contributed by atoms with van der Waals surface area (Å²) in [6, 6.07) is 0. The van der Waals surface area contributed by atoms with Crippen LogP contribution in [0.25, 0.3) is 0 Å². The molecule has 0 heterocycles. The predicted molar refractivity (Wildman–Crippen MR) is 102 cm³/mol. The Morgan fingerprint density at radius 2 is 2.00 bits per heavy atom. The van der Waals surface area contributed by atoms with E-state index in [9.17, 15) is 24.6 Å². The molecule has 6 heteroatoms. The quantitative estimate of drug-likeness (QED) is 0.511. The molecule has 146 valence electrons. The number of allylic oxidation sites excluding steroid dienone is 4. The molecule has 6 atom stereocenters. The Bertz CT molecular complexity index is 815. The lowest BCUT2D eigenvalue weighted by Gasteiger charge is -2.60. The maximum absolute atomic E-state index is 13.6. The monoisotopic (exact) mass is 436 g/mol. The van der Waals surface area contributed by atoms with E-state index < -0.39 is 33.1 Å². The molecule has 0 aromatic rings. The smallest absolute Gasteiger partial charge is 0.190 e. The van der Waals surface area contributed by atoms with Crippen molar-refractivity contribution >= 4 is 33.3 Å². The first-order valence-electron chi connectivity index (χ1n) is 9.55. The SMILES string of the molecule is C[C@]12C=CC(=O)CC1=CC[C@H]1[C@@H]3CC[C@](O)(C(=O)CO)[C@@]3(C)CC(=O)[C@@]12Br. The Hall–Kier alpha value is -1.11. The van der Waals surface area contributed by atoms with E-state index >= 15 is 0 Å². The Balaban J connectivity index is 1.84. The van der Waals surface area contributed by atoms with Crippen LogP contribution in [0.15, 0.2) is 23.8 Å². The van der Waals surface area contributed by atoms with E-state index in [1.807, 2.05) is 19.9 Å². The summed E-state index contributed by atoms with van der Waals surface area (Å²) in [5.41, 5.74) is -2.18. The molecule has 27 heavy (non-hydrogen) atoms. The molecule has 0 bridgehead atoms. The lowest BCUT2D eigenvalue weighted by atomic mass is 9.47. The van der Waals surface area contributed by atoms with Crippen LogP contribution >= 0.6 is 15.9 Å². The molecule has 0 aliphatic heterocycles. The molecule has 0 unspecified atom stereocenters. The average molecular weight is 437 g/mol. The summed E-state index contributed by atoms with van der Waals surface area (Å²) in [4.78, 5) is 37.9. The molecule has 2 saturated carbocycles. The second-order valence-electron chi connectivity index (χ2n) is 9.07. The van der Waals surface area contributed by atoms with Gasteiger partial charge in [-0.2, -0.15) is 0 Å². The summed E-state index contributed by atoms with van der Waals surface area (Å²) < 4.78 is -0.848. The van der Waals surface area contributed by atoms with Crippen molar-refractivity contribution in [3.63, 3.8) is 0 Å². The highest BCUT2D eigenvalue weighted by Gasteiger charge is 2.72. The van der Waals surface area contributed by atoms with Crippen LogP contribution in [0.5, 0.6) is 0 Å². The lowest BCUT2D eigenvalue weighted by molar-refractivity contribution is -0.165. The molecular weight excluding hydrogens is 412 g/mol. The fraction of sp³-hybridized carbons (Fsp3) is 0.667. The number of hydrogen-bond donors (Lipinski definition) is 2. The van der Waals surface area contributed by atoms with Crippen LogP contribution in [0.1, 0.15) is 46.0 Å². The van der Waals surface area contributed by atoms with Crippen LogP contribution in [0.2, 0.25) is 0 Å². The van der Waals surface area contributed by atoms with Crippen molar-refractivity contribution in [1.29, 1.82) is 0 Å². The first kappa shape index (κ1) is 19.2. The average Bonchev–Trinajstić information content (AvgIpc) is 2.88. The number of halogens is 1. The number of carbonyl (C=O) groups excluding carboxylic acids is 3. The Morgan fingerprint density at radius 3 is 2.67 bits per heavy atom. The number of carbonyl (C=O) groups is 3. The van der Waals surface area contributed by atoms with Crippen molar-refractivity contribution in [3.05, 3.63) is 23.8 Å². The third kappa shape index (κ3) is 2.10. The molecule has 0 saturated heterocycles. The summed E-state index contributed by atoms with van der Waals surface area (Å²) in [7, 11) is 0. The molecule has 2 N–H and O–H groups in total. The summed E-state index contributed by atoms with van der Waals surface area (Å²) in [6.45, 7) is 3.11. The molecule has 0 spiro atoms. The molecule has 0 aromatic heterocycles. The van der Waals surface area contributed by atoms with Gasteiger partial charge in [-0.3, -0.25) is 14.4 Å². The molecule has 0 aromatic carbocycles. The summed E-state index contributed by atoms with van der Waals surface area (Å²) in [6.07, 6.45) is 7.44.